The average molecular weight is 666 g/mol. The number of hydrogen-bond acceptors (Lipinski definition) is 10. The Morgan fingerprint density at radius 3 is 1.10 bits per heavy atom. The number of carbonyl (C=O) groups is 6. The van der Waals surface area contributed by atoms with E-state index in [1.165, 1.54) is 36.4 Å². The summed E-state index contributed by atoms with van der Waals surface area (Å²) in [6.07, 6.45) is -8.16. The van der Waals surface area contributed by atoms with E-state index in [0.717, 1.165) is 27.7 Å². The second kappa shape index (κ2) is 15.6. The Morgan fingerprint density at radius 2 is 0.833 bits per heavy atom. The minimum atomic E-state index is -2.05. The van der Waals surface area contributed by atoms with Crippen LogP contribution in [-0.4, -0.2) is 60.1 Å². The van der Waals surface area contributed by atoms with Crippen molar-refractivity contribution in [3.05, 3.63) is 56.5 Å². The minimum absolute atomic E-state index is 0.0710. The highest BCUT2D eigenvalue weighted by Crippen LogP contribution is 2.28. The highest BCUT2D eigenvalue weighted by molar-refractivity contribution is 6.42. The first-order valence-electron chi connectivity index (χ1n) is 11.8. The predicted octanol–water partition coefficient (Wildman–Crippen LogP) is 4.60. The maximum absolute atomic E-state index is 13.4. The quantitative estimate of drug-likeness (QED) is 0.256. The first kappa shape index (κ1) is 34.6. The molecule has 2 amide bonds. The van der Waals surface area contributed by atoms with Gasteiger partial charge in [0.25, 0.3) is 11.8 Å². The van der Waals surface area contributed by atoms with E-state index < -0.39 is 60.1 Å². The molecule has 0 saturated heterocycles. The fourth-order valence-corrected chi connectivity index (χ4v) is 4.05. The maximum Gasteiger partial charge on any atom is 0.303 e. The van der Waals surface area contributed by atoms with Crippen LogP contribution < -0.4 is 10.6 Å². The second-order valence-corrected chi connectivity index (χ2v) is 10.1. The summed E-state index contributed by atoms with van der Waals surface area (Å²) >= 11 is 23.8. The Balaban J connectivity index is 2.61. The van der Waals surface area contributed by atoms with Crippen LogP contribution >= 0.6 is 46.4 Å². The largest absolute Gasteiger partial charge is 0.454 e. The minimum Gasteiger partial charge on any atom is -0.454 e. The van der Waals surface area contributed by atoms with Crippen LogP contribution in [0.5, 0.6) is 0 Å². The molecule has 2 aromatic carbocycles. The lowest BCUT2D eigenvalue weighted by Gasteiger charge is -2.34. The number of anilines is 2. The molecular weight excluding hydrogens is 642 g/mol. The standard InChI is InChI=1S/C26H24Cl4N2O10/c1-11(33)39-21(23(41-13(3)35)25(37)31-15-5-7-17(27)19(29)9-15)22(40-12(2)34)24(42-14(4)36)26(38)32-16-6-8-18(28)20(30)10-16/h5-10,21-24H,1-4H3,(H,31,37)(H,32,38). The Hall–Kier alpha value is -3.58. The predicted molar refractivity (Wildman–Crippen MR) is 152 cm³/mol. The molecule has 0 aliphatic heterocycles. The van der Waals surface area contributed by atoms with Gasteiger partial charge in [-0.05, 0) is 36.4 Å². The number of ether oxygens (including phenoxy) is 4. The van der Waals surface area contributed by atoms with Gasteiger partial charge in [-0.1, -0.05) is 46.4 Å². The number of esters is 4. The van der Waals surface area contributed by atoms with Crippen LogP contribution in [0.1, 0.15) is 27.7 Å². The van der Waals surface area contributed by atoms with Crippen molar-refractivity contribution >= 4 is 93.5 Å². The van der Waals surface area contributed by atoms with Gasteiger partial charge in [-0.25, -0.2) is 0 Å². The van der Waals surface area contributed by atoms with Crippen LogP contribution in [0, 0.1) is 0 Å². The monoisotopic (exact) mass is 664 g/mol. The summed E-state index contributed by atoms with van der Waals surface area (Å²) in [5.74, 6) is -6.32. The number of halogens is 4. The Morgan fingerprint density at radius 1 is 0.524 bits per heavy atom. The summed E-state index contributed by atoms with van der Waals surface area (Å²) < 4.78 is 20.9. The summed E-state index contributed by atoms with van der Waals surface area (Å²) in [4.78, 5) is 75.2. The van der Waals surface area contributed by atoms with E-state index >= 15 is 0 Å². The van der Waals surface area contributed by atoms with Crippen molar-refractivity contribution < 1.29 is 47.7 Å². The smallest absolute Gasteiger partial charge is 0.303 e. The molecule has 12 nitrogen and oxygen atoms in total. The highest BCUT2D eigenvalue weighted by Gasteiger charge is 2.49. The topological polar surface area (TPSA) is 163 Å². The molecule has 0 aliphatic carbocycles. The van der Waals surface area contributed by atoms with Gasteiger partial charge >= 0.3 is 23.9 Å². The Labute approximate surface area is 259 Å². The number of rotatable bonds is 11. The Bertz CT molecular complexity index is 1280. The van der Waals surface area contributed by atoms with Crippen LogP contribution in [0.2, 0.25) is 20.1 Å². The molecule has 0 fully saturated rings. The van der Waals surface area contributed by atoms with Gasteiger partial charge in [0.15, 0.2) is 12.2 Å². The van der Waals surface area contributed by atoms with Crippen molar-refractivity contribution in [3.8, 4) is 0 Å². The van der Waals surface area contributed by atoms with Crippen LogP contribution in [0.3, 0.4) is 0 Å². The van der Waals surface area contributed by atoms with E-state index in [1.807, 2.05) is 0 Å². The molecule has 226 valence electrons. The van der Waals surface area contributed by atoms with Gasteiger partial charge in [-0.3, -0.25) is 28.8 Å². The summed E-state index contributed by atoms with van der Waals surface area (Å²) in [7, 11) is 0. The summed E-state index contributed by atoms with van der Waals surface area (Å²) in [6.45, 7) is 3.78. The molecule has 2 aromatic rings. The van der Waals surface area contributed by atoms with E-state index in [4.69, 9.17) is 65.4 Å². The second-order valence-electron chi connectivity index (χ2n) is 8.44. The molecular formula is C26H24Cl4N2O10. The Kier molecular flexibility index (Phi) is 12.9. The van der Waals surface area contributed by atoms with Gasteiger partial charge in [0.2, 0.25) is 12.2 Å². The zero-order valence-corrected chi connectivity index (χ0v) is 25.4. The molecule has 4 unspecified atom stereocenters. The number of nitrogens with one attached hydrogen (secondary N) is 2. The third-order valence-corrected chi connectivity index (χ3v) is 6.48. The van der Waals surface area contributed by atoms with Crippen LogP contribution in [0.4, 0.5) is 11.4 Å². The molecule has 0 heterocycles. The van der Waals surface area contributed by atoms with Crippen molar-refractivity contribution in [1.29, 1.82) is 0 Å². The lowest BCUT2D eigenvalue weighted by molar-refractivity contribution is -0.198. The van der Waals surface area contributed by atoms with Crippen LogP contribution in [0.15, 0.2) is 36.4 Å². The number of amides is 2. The molecule has 42 heavy (non-hydrogen) atoms. The summed E-state index contributed by atoms with van der Waals surface area (Å²) in [5, 5.41) is 5.32. The molecule has 2 rings (SSSR count). The fraction of sp³-hybridized carbons (Fsp3) is 0.308. The van der Waals surface area contributed by atoms with Crippen LogP contribution in [0.25, 0.3) is 0 Å². The molecule has 0 saturated carbocycles. The number of carbonyl (C=O) groups excluding carboxylic acids is 6. The van der Waals surface area contributed by atoms with E-state index in [-0.39, 0.29) is 31.5 Å². The van der Waals surface area contributed by atoms with E-state index in [2.05, 4.69) is 10.6 Å². The van der Waals surface area contributed by atoms with Crippen molar-refractivity contribution in [2.75, 3.05) is 10.6 Å². The van der Waals surface area contributed by atoms with Gasteiger partial charge in [-0.15, -0.1) is 0 Å². The fourth-order valence-electron chi connectivity index (χ4n) is 3.46. The average Bonchev–Trinajstić information content (AvgIpc) is 2.87. The molecule has 0 aliphatic rings. The highest BCUT2D eigenvalue weighted by atomic mass is 35.5. The first-order chi connectivity index (χ1) is 19.6. The summed E-state index contributed by atoms with van der Waals surface area (Å²) in [6, 6.07) is 8.04. The lowest BCUT2D eigenvalue weighted by atomic mass is 10.00. The van der Waals surface area contributed by atoms with Crippen molar-refractivity contribution in [2.24, 2.45) is 0 Å². The molecule has 0 radical (unpaired) electrons. The molecule has 16 heteroatoms. The first-order valence-corrected chi connectivity index (χ1v) is 13.3. The van der Waals surface area contributed by atoms with Gasteiger partial charge in [-0.2, -0.15) is 0 Å². The van der Waals surface area contributed by atoms with Gasteiger partial charge in [0.1, 0.15) is 0 Å². The number of hydrogen-bond donors (Lipinski definition) is 2. The van der Waals surface area contributed by atoms with Gasteiger partial charge in [0.05, 0.1) is 20.1 Å². The summed E-state index contributed by atoms with van der Waals surface area (Å²) in [5.41, 5.74) is 0.178. The van der Waals surface area contributed by atoms with E-state index in [9.17, 15) is 28.8 Å². The van der Waals surface area contributed by atoms with Crippen molar-refractivity contribution in [2.45, 2.75) is 52.1 Å². The molecule has 0 aromatic heterocycles. The normalized spacial score (nSPS) is 13.4. The molecule has 2 N–H and O–H groups in total. The number of benzene rings is 2. The van der Waals surface area contributed by atoms with Gasteiger partial charge in [0, 0.05) is 39.1 Å². The van der Waals surface area contributed by atoms with Gasteiger partial charge < -0.3 is 29.6 Å². The maximum atomic E-state index is 13.4. The lowest BCUT2D eigenvalue weighted by Crippen LogP contribution is -2.57. The third-order valence-electron chi connectivity index (χ3n) is 5.00. The zero-order chi connectivity index (χ0) is 31.7. The van der Waals surface area contributed by atoms with Crippen molar-refractivity contribution in [3.63, 3.8) is 0 Å². The SMILES string of the molecule is CC(=O)OC(C(=O)Nc1ccc(Cl)c(Cl)c1)C(OC(C)=O)C(OC(C)=O)C(OC(C)=O)C(=O)Nc1ccc(Cl)c(Cl)c1. The van der Waals surface area contributed by atoms with E-state index in [1.54, 1.807) is 0 Å². The third kappa shape index (κ3) is 10.4. The molecule has 0 bridgehead atoms. The molecule has 4 atom stereocenters. The van der Waals surface area contributed by atoms with E-state index in [0.29, 0.717) is 0 Å². The van der Waals surface area contributed by atoms with Crippen molar-refractivity contribution in [1.82, 2.24) is 0 Å². The molecule has 0 spiro atoms. The van der Waals surface area contributed by atoms with Crippen LogP contribution in [-0.2, 0) is 47.7 Å². The zero-order valence-electron chi connectivity index (χ0n) is 22.4.